The van der Waals surface area contributed by atoms with Crippen LogP contribution in [0.4, 0.5) is 26.3 Å². The lowest BCUT2D eigenvalue weighted by Gasteiger charge is -2.73. The zero-order valence-corrected chi connectivity index (χ0v) is 17.3. The number of alkyl halides is 6. The summed E-state index contributed by atoms with van der Waals surface area (Å²) < 4.78 is 78.5. The molecule has 10 heteroatoms. The Morgan fingerprint density at radius 2 is 1.57 bits per heavy atom. The Kier molecular flexibility index (Phi) is 4.10. The molecule has 2 amide bonds. The SMILES string of the molecule is C[C@@H]1[C@@H]2C[C@](C)(CN1C(=O)[C@@H](NC(=O)C(F)(F)F)C13CC(C(F)(F)F)(C1)C3)C2(C)C. The highest BCUT2D eigenvalue weighted by atomic mass is 19.4. The Labute approximate surface area is 170 Å². The van der Waals surface area contributed by atoms with Crippen molar-refractivity contribution < 1.29 is 35.9 Å². The van der Waals surface area contributed by atoms with Gasteiger partial charge in [-0.25, -0.2) is 0 Å². The summed E-state index contributed by atoms with van der Waals surface area (Å²) in [5, 5.41) is 1.76. The summed E-state index contributed by atoms with van der Waals surface area (Å²) in [7, 11) is 0. The smallest absolute Gasteiger partial charge is 0.337 e. The summed E-state index contributed by atoms with van der Waals surface area (Å²) >= 11 is 0. The van der Waals surface area contributed by atoms with E-state index in [0.29, 0.717) is 6.54 Å². The van der Waals surface area contributed by atoms with Crippen molar-refractivity contribution in [1.29, 1.82) is 0 Å². The second-order valence-corrected chi connectivity index (χ2v) is 10.9. The van der Waals surface area contributed by atoms with E-state index in [1.807, 2.05) is 13.8 Å². The van der Waals surface area contributed by atoms with Crippen LogP contribution in [0.3, 0.4) is 0 Å². The second-order valence-electron chi connectivity index (χ2n) is 10.9. The monoisotopic (exact) mass is 440 g/mol. The first kappa shape index (κ1) is 21.7. The van der Waals surface area contributed by atoms with Crippen molar-refractivity contribution in [2.75, 3.05) is 6.54 Å². The molecule has 30 heavy (non-hydrogen) atoms. The molecule has 0 spiro atoms. The molecule has 0 unspecified atom stereocenters. The first-order valence-corrected chi connectivity index (χ1v) is 10.1. The van der Waals surface area contributed by atoms with Gasteiger partial charge in [-0.3, -0.25) is 9.59 Å². The maximum atomic E-state index is 13.4. The Bertz CT molecular complexity index is 784. The summed E-state index contributed by atoms with van der Waals surface area (Å²) in [6, 6.07) is -1.86. The van der Waals surface area contributed by atoms with E-state index in [1.54, 1.807) is 5.32 Å². The van der Waals surface area contributed by atoms with Crippen molar-refractivity contribution in [3.8, 4) is 0 Å². The van der Waals surface area contributed by atoms with Gasteiger partial charge >= 0.3 is 18.3 Å². The number of hydrogen-bond donors (Lipinski definition) is 1. The van der Waals surface area contributed by atoms with Crippen LogP contribution in [0.15, 0.2) is 0 Å². The predicted octanol–water partition coefficient (Wildman–Crippen LogP) is 4.05. The zero-order chi connectivity index (χ0) is 22.7. The molecule has 4 aliphatic carbocycles. The molecule has 6 rings (SSSR count). The third kappa shape index (κ3) is 2.54. The van der Waals surface area contributed by atoms with Gasteiger partial charge in [0.15, 0.2) is 0 Å². The van der Waals surface area contributed by atoms with E-state index in [9.17, 15) is 35.9 Å². The van der Waals surface area contributed by atoms with E-state index in [2.05, 4.69) is 13.8 Å². The molecule has 4 bridgehead atoms. The average molecular weight is 440 g/mol. The van der Waals surface area contributed by atoms with E-state index < -0.39 is 60.3 Å². The largest absolute Gasteiger partial charge is 0.471 e. The van der Waals surface area contributed by atoms with Crippen LogP contribution in [0.2, 0.25) is 0 Å². The molecule has 0 aromatic carbocycles. The maximum Gasteiger partial charge on any atom is 0.471 e. The predicted molar refractivity (Wildman–Crippen MR) is 93.9 cm³/mol. The Morgan fingerprint density at radius 3 is 2.00 bits per heavy atom. The van der Waals surface area contributed by atoms with Gasteiger partial charge in [0, 0.05) is 18.0 Å². The molecular formula is C20H26F6N2O2. The molecule has 0 aromatic heterocycles. The van der Waals surface area contributed by atoms with Gasteiger partial charge < -0.3 is 10.2 Å². The number of piperidine rings is 2. The molecule has 2 aliphatic heterocycles. The molecule has 4 saturated carbocycles. The van der Waals surface area contributed by atoms with Gasteiger partial charge in [0.1, 0.15) is 6.04 Å². The van der Waals surface area contributed by atoms with Crippen LogP contribution in [0.5, 0.6) is 0 Å². The Morgan fingerprint density at radius 1 is 1.03 bits per heavy atom. The minimum Gasteiger partial charge on any atom is -0.337 e. The number of nitrogens with zero attached hydrogens (tertiary/aromatic N) is 1. The molecule has 1 N–H and O–H groups in total. The van der Waals surface area contributed by atoms with E-state index in [4.69, 9.17) is 0 Å². The number of nitrogens with one attached hydrogen (secondary N) is 1. The molecule has 170 valence electrons. The summed E-state index contributed by atoms with van der Waals surface area (Å²) in [4.78, 5) is 26.5. The van der Waals surface area contributed by atoms with Gasteiger partial charge in [0.2, 0.25) is 5.91 Å². The Balaban J connectivity index is 1.59. The molecule has 6 fully saturated rings. The lowest BCUT2D eigenvalue weighted by molar-refractivity contribution is -0.367. The summed E-state index contributed by atoms with van der Waals surface area (Å²) in [6.45, 7) is 8.34. The second kappa shape index (κ2) is 5.65. The van der Waals surface area contributed by atoms with Gasteiger partial charge in [-0.1, -0.05) is 20.8 Å². The highest BCUT2D eigenvalue weighted by Crippen LogP contribution is 2.79. The Hall–Kier alpha value is -1.48. The minimum absolute atomic E-state index is 0.0510. The molecule has 2 heterocycles. The number of amides is 2. The average Bonchev–Trinajstić information content (AvgIpc) is 2.49. The van der Waals surface area contributed by atoms with Crippen LogP contribution in [0.25, 0.3) is 0 Å². The highest BCUT2D eigenvalue weighted by molar-refractivity contribution is 5.91. The lowest BCUT2D eigenvalue weighted by Crippen LogP contribution is -2.79. The van der Waals surface area contributed by atoms with Crippen LogP contribution in [-0.4, -0.2) is 47.7 Å². The van der Waals surface area contributed by atoms with Crippen molar-refractivity contribution in [3.63, 3.8) is 0 Å². The van der Waals surface area contributed by atoms with Crippen LogP contribution in [0, 0.1) is 27.6 Å². The molecule has 2 saturated heterocycles. The van der Waals surface area contributed by atoms with Crippen molar-refractivity contribution >= 4 is 11.8 Å². The zero-order valence-electron chi connectivity index (χ0n) is 17.3. The van der Waals surface area contributed by atoms with Crippen LogP contribution in [0.1, 0.15) is 53.4 Å². The van der Waals surface area contributed by atoms with Crippen LogP contribution in [-0.2, 0) is 9.59 Å². The van der Waals surface area contributed by atoms with Crippen molar-refractivity contribution in [2.45, 2.75) is 77.8 Å². The van der Waals surface area contributed by atoms with Gasteiger partial charge in [-0.15, -0.1) is 0 Å². The molecule has 0 radical (unpaired) electrons. The lowest BCUT2D eigenvalue weighted by atomic mass is 9.32. The van der Waals surface area contributed by atoms with E-state index in [-0.39, 0.29) is 22.8 Å². The number of hydrogen-bond acceptors (Lipinski definition) is 2. The van der Waals surface area contributed by atoms with Crippen molar-refractivity contribution in [2.24, 2.45) is 27.6 Å². The van der Waals surface area contributed by atoms with Crippen LogP contribution >= 0.6 is 0 Å². The van der Waals surface area contributed by atoms with E-state index >= 15 is 0 Å². The molecular weight excluding hydrogens is 414 g/mol. The van der Waals surface area contributed by atoms with Gasteiger partial charge in [-0.05, 0) is 49.4 Å². The number of carbonyl (C=O) groups is 2. The quantitative estimate of drug-likeness (QED) is 0.674. The molecule has 4 nitrogen and oxygen atoms in total. The fraction of sp³-hybridized carbons (Fsp3) is 0.900. The van der Waals surface area contributed by atoms with Crippen molar-refractivity contribution in [1.82, 2.24) is 10.2 Å². The molecule has 0 aromatic rings. The summed E-state index contributed by atoms with van der Waals surface area (Å²) in [5.41, 5.74) is -3.46. The van der Waals surface area contributed by atoms with Gasteiger partial charge in [-0.2, -0.15) is 26.3 Å². The number of carbonyl (C=O) groups excluding carboxylic acids is 2. The summed E-state index contributed by atoms with van der Waals surface area (Å²) in [5.74, 6) is -2.83. The van der Waals surface area contributed by atoms with Crippen LogP contribution < -0.4 is 5.32 Å². The number of rotatable bonds is 3. The first-order chi connectivity index (χ1) is 13.4. The fourth-order valence-corrected chi connectivity index (χ4v) is 6.71. The number of halogens is 6. The minimum atomic E-state index is -5.21. The number of fused-ring (bicyclic) bond motifs is 2. The van der Waals surface area contributed by atoms with E-state index in [1.165, 1.54) is 4.90 Å². The van der Waals surface area contributed by atoms with E-state index in [0.717, 1.165) is 6.42 Å². The summed E-state index contributed by atoms with van der Waals surface area (Å²) in [6.07, 6.45) is -10.1. The van der Waals surface area contributed by atoms with Gasteiger partial charge in [0.05, 0.1) is 5.41 Å². The highest BCUT2D eigenvalue weighted by Gasteiger charge is 2.81. The first-order valence-electron chi connectivity index (χ1n) is 10.1. The maximum absolute atomic E-state index is 13.4. The molecule has 4 atom stereocenters. The van der Waals surface area contributed by atoms with Crippen molar-refractivity contribution in [3.05, 3.63) is 0 Å². The fourth-order valence-electron chi connectivity index (χ4n) is 6.71. The normalized spacial score (nSPS) is 42.4. The standard InChI is InChI=1S/C20H26F6N2O2/c1-10-11-5-16(4,15(11,2)3)9-28(10)13(29)12(27-14(30)19(21,22)23)17-6-18(7-17,8-17)20(24,25)26/h10-12H,5-9H2,1-4H3,(H,27,30)/t10-,11+,12-,16-,17?,18?/m1/s1. The third-order valence-electron chi connectivity index (χ3n) is 9.09. The van der Waals surface area contributed by atoms with Gasteiger partial charge in [0.25, 0.3) is 0 Å². The topological polar surface area (TPSA) is 49.4 Å². The molecule has 6 aliphatic rings. The third-order valence-corrected chi connectivity index (χ3v) is 9.09.